The number of ether oxygens (including phenoxy) is 4. The van der Waals surface area contributed by atoms with Gasteiger partial charge in [0.25, 0.3) is 5.69 Å². The zero-order valence-electron chi connectivity index (χ0n) is 23.4. The largest absolute Gasteiger partial charge is 0.495 e. The molecule has 0 bridgehead atoms. The van der Waals surface area contributed by atoms with Crippen LogP contribution in [0.1, 0.15) is 6.42 Å². The summed E-state index contributed by atoms with van der Waals surface area (Å²) in [6, 6.07) is 10.8. The molecule has 0 spiro atoms. The maximum Gasteiger partial charge on any atom is 0.412 e. The molecule has 44 heavy (non-hydrogen) atoms. The Kier molecular flexibility index (Phi) is 9.31. The number of pyridine rings is 1. The molecule has 228 valence electrons. The van der Waals surface area contributed by atoms with Crippen LogP contribution in [0.4, 0.5) is 33.5 Å². The van der Waals surface area contributed by atoms with Crippen LogP contribution in [0, 0.1) is 10.1 Å². The van der Waals surface area contributed by atoms with Crippen LogP contribution in [-0.2, 0) is 4.74 Å². The lowest BCUT2D eigenvalue weighted by atomic mass is 10.1. The number of benzene rings is 2. The number of methoxy groups -OCH3 is 2. The minimum absolute atomic E-state index is 0.149. The second-order valence-corrected chi connectivity index (χ2v) is 9.93. The van der Waals surface area contributed by atoms with Crippen LogP contribution in [0.5, 0.6) is 17.2 Å². The van der Waals surface area contributed by atoms with Gasteiger partial charge in [0.15, 0.2) is 0 Å². The molecule has 1 fully saturated rings. The Labute approximate surface area is 261 Å². The standard InChI is InChI=1S/C28H25Cl2N7O7/c1-41-21-13-22(42-2)25(30)26(24(21)29)35-27-17(5-3-8-31-27)19-12-23(33-14-32-19)34-18-7-6-16(11-20(18)37(39)40)43-15-44-28(38)36-9-4-10-36/h3,5-8,11-14H,4,9-10,15H2,1-2H3,(H,31,35)(H,32,33,34). The predicted octanol–water partition coefficient (Wildman–Crippen LogP) is 6.44. The van der Waals surface area contributed by atoms with E-state index in [9.17, 15) is 14.9 Å². The fourth-order valence-corrected chi connectivity index (χ4v) is 4.73. The van der Waals surface area contributed by atoms with Crippen molar-refractivity contribution in [2.75, 3.05) is 44.7 Å². The lowest BCUT2D eigenvalue weighted by Crippen LogP contribution is -2.42. The summed E-state index contributed by atoms with van der Waals surface area (Å²) in [5.74, 6) is 1.46. The van der Waals surface area contributed by atoms with Gasteiger partial charge in [0, 0.05) is 37.0 Å². The highest BCUT2D eigenvalue weighted by Crippen LogP contribution is 2.46. The first-order valence-corrected chi connectivity index (χ1v) is 13.8. The van der Waals surface area contributed by atoms with Crippen molar-refractivity contribution >= 4 is 58.0 Å². The van der Waals surface area contributed by atoms with Crippen LogP contribution in [0.25, 0.3) is 11.3 Å². The zero-order chi connectivity index (χ0) is 31.2. The summed E-state index contributed by atoms with van der Waals surface area (Å²) >= 11 is 13.1. The van der Waals surface area contributed by atoms with Gasteiger partial charge in [-0.25, -0.2) is 19.7 Å². The Morgan fingerprint density at radius 1 is 1.02 bits per heavy atom. The van der Waals surface area contributed by atoms with E-state index in [1.165, 1.54) is 43.6 Å². The smallest absolute Gasteiger partial charge is 0.412 e. The maximum absolute atomic E-state index is 11.9. The van der Waals surface area contributed by atoms with Gasteiger partial charge in [-0.3, -0.25) is 10.1 Å². The second kappa shape index (κ2) is 13.5. The molecule has 0 aliphatic carbocycles. The van der Waals surface area contributed by atoms with Gasteiger partial charge in [0.1, 0.15) is 50.9 Å². The molecule has 2 N–H and O–H groups in total. The van der Waals surface area contributed by atoms with E-state index >= 15 is 0 Å². The molecule has 1 amide bonds. The summed E-state index contributed by atoms with van der Waals surface area (Å²) in [6.45, 7) is 0.886. The van der Waals surface area contributed by atoms with Gasteiger partial charge >= 0.3 is 6.09 Å². The Balaban J connectivity index is 1.37. The van der Waals surface area contributed by atoms with Crippen LogP contribution in [0.2, 0.25) is 10.0 Å². The van der Waals surface area contributed by atoms with Gasteiger partial charge in [-0.2, -0.15) is 0 Å². The first-order valence-electron chi connectivity index (χ1n) is 13.0. The van der Waals surface area contributed by atoms with Crippen LogP contribution < -0.4 is 24.8 Å². The molecule has 1 aliphatic heterocycles. The van der Waals surface area contributed by atoms with Gasteiger partial charge in [0.2, 0.25) is 6.79 Å². The van der Waals surface area contributed by atoms with Crippen LogP contribution in [0.3, 0.4) is 0 Å². The fraction of sp³-hybridized carbons (Fsp3) is 0.214. The number of likely N-dealkylation sites (tertiary alicyclic amines) is 1. The molecular weight excluding hydrogens is 617 g/mol. The minimum Gasteiger partial charge on any atom is -0.495 e. The molecule has 0 radical (unpaired) electrons. The number of hydrogen-bond donors (Lipinski definition) is 2. The molecule has 3 heterocycles. The number of carbonyl (C=O) groups excluding carboxylic acids is 1. The van der Waals surface area contributed by atoms with Crippen molar-refractivity contribution in [1.29, 1.82) is 0 Å². The Morgan fingerprint density at radius 3 is 2.43 bits per heavy atom. The van der Waals surface area contributed by atoms with E-state index in [4.69, 9.17) is 42.1 Å². The summed E-state index contributed by atoms with van der Waals surface area (Å²) in [5, 5.41) is 18.4. The topological polar surface area (TPSA) is 163 Å². The molecule has 1 aliphatic rings. The number of halogens is 2. The van der Waals surface area contributed by atoms with Crippen LogP contribution in [-0.4, -0.2) is 65.0 Å². The van der Waals surface area contributed by atoms with Crippen LogP contribution in [0.15, 0.2) is 55.0 Å². The van der Waals surface area contributed by atoms with Gasteiger partial charge in [0.05, 0.1) is 36.6 Å². The average molecular weight is 642 g/mol. The van der Waals surface area contributed by atoms with Crippen molar-refractivity contribution in [3.63, 3.8) is 0 Å². The second-order valence-electron chi connectivity index (χ2n) is 9.17. The predicted molar refractivity (Wildman–Crippen MR) is 163 cm³/mol. The first-order chi connectivity index (χ1) is 21.3. The molecule has 5 rings (SSSR count). The number of nitro benzene ring substituents is 1. The quantitative estimate of drug-likeness (QED) is 0.105. The molecule has 0 atom stereocenters. The molecule has 0 unspecified atom stereocenters. The Morgan fingerprint density at radius 2 is 1.77 bits per heavy atom. The minimum atomic E-state index is -0.567. The van der Waals surface area contributed by atoms with Crippen molar-refractivity contribution in [2.24, 2.45) is 0 Å². The van der Waals surface area contributed by atoms with Gasteiger partial charge in [-0.05, 0) is 30.7 Å². The highest BCUT2D eigenvalue weighted by molar-refractivity contribution is 6.41. The highest BCUT2D eigenvalue weighted by atomic mass is 35.5. The number of rotatable bonds is 11. The van der Waals surface area contributed by atoms with E-state index in [0.717, 1.165) is 6.42 Å². The maximum atomic E-state index is 11.9. The van der Waals surface area contributed by atoms with E-state index in [0.29, 0.717) is 47.4 Å². The molecule has 2 aromatic heterocycles. The van der Waals surface area contributed by atoms with E-state index in [1.54, 1.807) is 30.5 Å². The number of nitrogens with zero attached hydrogens (tertiary/aromatic N) is 5. The molecule has 4 aromatic rings. The summed E-state index contributed by atoms with van der Waals surface area (Å²) in [4.78, 5) is 37.7. The first kappa shape index (κ1) is 30.4. The Hall–Kier alpha value is -5.08. The molecule has 0 saturated carbocycles. The number of anilines is 4. The number of carbonyl (C=O) groups is 1. The normalized spacial score (nSPS) is 12.1. The summed E-state index contributed by atoms with van der Waals surface area (Å²) in [5.41, 5.74) is 1.17. The third-order valence-electron chi connectivity index (χ3n) is 6.52. The van der Waals surface area contributed by atoms with Gasteiger partial charge in [-0.15, -0.1) is 0 Å². The lowest BCUT2D eigenvalue weighted by Gasteiger charge is -2.29. The highest BCUT2D eigenvalue weighted by Gasteiger charge is 2.23. The lowest BCUT2D eigenvalue weighted by molar-refractivity contribution is -0.384. The number of amides is 1. The average Bonchev–Trinajstić information content (AvgIpc) is 2.99. The van der Waals surface area contributed by atoms with E-state index in [1.807, 2.05) is 0 Å². The number of nitro groups is 1. The number of aromatic nitrogens is 3. The van der Waals surface area contributed by atoms with Crippen molar-refractivity contribution in [2.45, 2.75) is 6.42 Å². The van der Waals surface area contributed by atoms with E-state index < -0.39 is 11.0 Å². The molecule has 1 saturated heterocycles. The number of nitrogens with one attached hydrogen (secondary N) is 2. The van der Waals surface area contributed by atoms with Crippen molar-refractivity contribution in [3.8, 4) is 28.5 Å². The summed E-state index contributed by atoms with van der Waals surface area (Å²) in [6.07, 6.45) is 3.31. The molecule has 14 nitrogen and oxygen atoms in total. The monoisotopic (exact) mass is 641 g/mol. The molecule has 16 heteroatoms. The zero-order valence-corrected chi connectivity index (χ0v) is 24.9. The van der Waals surface area contributed by atoms with E-state index in [-0.39, 0.29) is 39.8 Å². The van der Waals surface area contributed by atoms with Crippen molar-refractivity contribution in [1.82, 2.24) is 19.9 Å². The summed E-state index contributed by atoms with van der Waals surface area (Å²) < 4.78 is 21.1. The molecule has 2 aromatic carbocycles. The van der Waals surface area contributed by atoms with Crippen molar-refractivity contribution < 1.29 is 28.7 Å². The van der Waals surface area contributed by atoms with Crippen LogP contribution >= 0.6 is 23.2 Å². The van der Waals surface area contributed by atoms with Crippen molar-refractivity contribution in [3.05, 3.63) is 75.1 Å². The van der Waals surface area contributed by atoms with E-state index in [2.05, 4.69) is 25.6 Å². The molecular formula is C28H25Cl2N7O7. The third-order valence-corrected chi connectivity index (χ3v) is 7.27. The summed E-state index contributed by atoms with van der Waals surface area (Å²) in [7, 11) is 2.94. The van der Waals surface area contributed by atoms with Gasteiger partial charge in [-0.1, -0.05) is 23.2 Å². The number of hydrogen-bond acceptors (Lipinski definition) is 12. The van der Waals surface area contributed by atoms with Gasteiger partial charge < -0.3 is 34.5 Å². The third kappa shape index (κ3) is 6.61. The SMILES string of the molecule is COc1cc(OC)c(Cl)c(Nc2ncccc2-c2cc(Nc3ccc(OCOC(=O)N4CCC4)cc3[N+](=O)[O-])ncn2)c1Cl. The fourth-order valence-electron chi connectivity index (χ4n) is 4.13. The Bertz CT molecular complexity index is 1680.